The molecule has 1 saturated carbocycles. The van der Waals surface area contributed by atoms with Crippen LogP contribution in [0.25, 0.3) is 0 Å². The number of hydrogen-bond acceptors (Lipinski definition) is 4. The van der Waals surface area contributed by atoms with Gasteiger partial charge in [-0.05, 0) is 12.8 Å². The maximum atomic E-state index is 11.7. The molecule has 0 aromatic heterocycles. The molecule has 1 aliphatic heterocycles. The zero-order valence-electron chi connectivity index (χ0n) is 10.1. The minimum absolute atomic E-state index is 0. The summed E-state index contributed by atoms with van der Waals surface area (Å²) in [7, 11) is 0. The van der Waals surface area contributed by atoms with Crippen molar-refractivity contribution in [3.8, 4) is 0 Å². The van der Waals surface area contributed by atoms with Crippen molar-refractivity contribution in [2.24, 2.45) is 5.92 Å². The first kappa shape index (κ1) is 14.7. The number of nitrogens with zero attached hydrogens (tertiary/aromatic N) is 1. The largest absolute Gasteiger partial charge is 0.336 e. The first-order valence-corrected chi connectivity index (χ1v) is 5.76. The zero-order valence-corrected chi connectivity index (χ0v) is 12.1. The van der Waals surface area contributed by atoms with E-state index in [0.717, 1.165) is 32.1 Å². The Balaban J connectivity index is 0.00000144. The molecule has 1 saturated heterocycles. The van der Waals surface area contributed by atoms with Crippen LogP contribution in [0, 0.1) is 5.92 Å². The molecule has 0 N–H and O–H groups in total. The van der Waals surface area contributed by atoms with E-state index >= 15 is 0 Å². The smallest absolute Gasteiger partial charge is 0.330 e. The molecule has 1 radical (unpaired) electrons. The van der Waals surface area contributed by atoms with E-state index in [-0.39, 0.29) is 48.3 Å². The van der Waals surface area contributed by atoms with Crippen molar-refractivity contribution < 1.29 is 19.2 Å². The van der Waals surface area contributed by atoms with Crippen LogP contribution in [0.1, 0.15) is 44.9 Å². The molecule has 2 fully saturated rings. The summed E-state index contributed by atoms with van der Waals surface area (Å²) < 4.78 is 0. The first-order chi connectivity index (χ1) is 7.68. The molecule has 0 unspecified atom stereocenters. The Morgan fingerprint density at radius 1 is 1.06 bits per heavy atom. The molecule has 17 heavy (non-hydrogen) atoms. The Kier molecular flexibility index (Phi) is 5.62. The van der Waals surface area contributed by atoms with Crippen molar-refractivity contribution in [3.05, 3.63) is 0 Å². The van der Waals surface area contributed by atoms with Crippen LogP contribution in [-0.4, -0.2) is 52.4 Å². The van der Waals surface area contributed by atoms with Crippen LogP contribution >= 0.6 is 0 Å². The third kappa shape index (κ3) is 3.53. The van der Waals surface area contributed by atoms with Gasteiger partial charge in [-0.15, -0.1) is 5.06 Å². The molecule has 2 rings (SSSR count). The van der Waals surface area contributed by atoms with E-state index in [1.165, 1.54) is 0 Å². The van der Waals surface area contributed by atoms with Gasteiger partial charge < -0.3 is 4.84 Å². The fourth-order valence-electron chi connectivity index (χ4n) is 2.16. The Morgan fingerprint density at radius 3 is 2.12 bits per heavy atom. The molecule has 0 aromatic rings. The van der Waals surface area contributed by atoms with Crippen LogP contribution in [0.15, 0.2) is 0 Å². The van der Waals surface area contributed by atoms with Crippen LogP contribution in [0.3, 0.4) is 0 Å². The molecule has 0 aromatic carbocycles. The molecule has 2 amide bonds. The van der Waals surface area contributed by atoms with Crippen molar-refractivity contribution in [2.75, 3.05) is 0 Å². The van der Waals surface area contributed by atoms with Gasteiger partial charge in [0.05, 0.1) is 5.92 Å². The van der Waals surface area contributed by atoms with Crippen LogP contribution < -0.4 is 0 Å². The van der Waals surface area contributed by atoms with Crippen molar-refractivity contribution in [3.63, 3.8) is 0 Å². The molecule has 0 spiro atoms. The molecule has 1 heterocycles. The maximum absolute atomic E-state index is 11.7. The summed E-state index contributed by atoms with van der Waals surface area (Å²) >= 11 is 0. The van der Waals surface area contributed by atoms with Crippen molar-refractivity contribution in [1.29, 1.82) is 0 Å². The average molecular weight is 248 g/mol. The van der Waals surface area contributed by atoms with Crippen LogP contribution in [0.2, 0.25) is 0 Å². The van der Waals surface area contributed by atoms with Gasteiger partial charge in [0.1, 0.15) is 0 Å². The molecule has 1 aliphatic carbocycles. The zero-order chi connectivity index (χ0) is 11.5. The van der Waals surface area contributed by atoms with E-state index in [2.05, 4.69) is 0 Å². The number of rotatable bonds is 2. The average Bonchev–Trinajstić information content (AvgIpc) is 2.62. The summed E-state index contributed by atoms with van der Waals surface area (Å²) in [5.41, 5.74) is 0. The molecular weight excluding hydrogens is 233 g/mol. The fourth-order valence-corrected chi connectivity index (χ4v) is 2.16. The summed E-state index contributed by atoms with van der Waals surface area (Å²) in [6.45, 7) is 0. The van der Waals surface area contributed by atoms with Gasteiger partial charge in [-0.3, -0.25) is 9.59 Å². The normalized spacial score (nSPS) is 21.3. The molecule has 2 aliphatic rings. The topological polar surface area (TPSA) is 63.7 Å². The van der Waals surface area contributed by atoms with Gasteiger partial charge in [-0.25, -0.2) is 4.79 Å². The molecule has 0 atom stereocenters. The predicted octanol–water partition coefficient (Wildman–Crippen LogP) is 0.793. The minimum atomic E-state index is -0.427. The summed E-state index contributed by atoms with van der Waals surface area (Å²) in [6.07, 6.45) is 5.08. The van der Waals surface area contributed by atoms with Gasteiger partial charge >= 0.3 is 5.97 Å². The molecule has 6 heteroatoms. The van der Waals surface area contributed by atoms with Gasteiger partial charge in [-0.1, -0.05) is 19.3 Å². The Hall–Kier alpha value is -0.390. The van der Waals surface area contributed by atoms with Gasteiger partial charge in [0.25, 0.3) is 11.8 Å². The quantitative estimate of drug-likeness (QED) is 0.535. The summed E-state index contributed by atoms with van der Waals surface area (Å²) in [4.78, 5) is 39.0. The number of carbonyl (C=O) groups is 3. The standard InChI is InChI=1S/C11H15NO4.Na/c13-9-6-7-10(14)12(9)16-11(15)8-4-2-1-3-5-8;/h8H,1-7H2;. The minimum Gasteiger partial charge on any atom is -0.330 e. The van der Waals surface area contributed by atoms with Crippen molar-refractivity contribution >= 4 is 47.3 Å². The van der Waals surface area contributed by atoms with Crippen molar-refractivity contribution in [2.45, 2.75) is 44.9 Å². The van der Waals surface area contributed by atoms with Crippen LogP contribution in [0.4, 0.5) is 0 Å². The van der Waals surface area contributed by atoms with E-state index in [1.54, 1.807) is 0 Å². The monoisotopic (exact) mass is 248 g/mol. The Labute approximate surface area is 122 Å². The molecule has 0 bridgehead atoms. The van der Waals surface area contributed by atoms with Gasteiger partial charge in [0.2, 0.25) is 0 Å². The van der Waals surface area contributed by atoms with E-state index < -0.39 is 17.8 Å². The molecule has 89 valence electrons. The molecule has 5 nitrogen and oxygen atoms in total. The van der Waals surface area contributed by atoms with E-state index in [4.69, 9.17) is 4.84 Å². The number of amides is 2. The Morgan fingerprint density at radius 2 is 1.59 bits per heavy atom. The predicted molar refractivity (Wildman–Crippen MR) is 59.5 cm³/mol. The number of hydrogen-bond donors (Lipinski definition) is 0. The third-order valence-corrected chi connectivity index (χ3v) is 3.13. The van der Waals surface area contributed by atoms with E-state index in [1.807, 2.05) is 0 Å². The van der Waals surface area contributed by atoms with Gasteiger partial charge in [-0.2, -0.15) is 0 Å². The summed E-state index contributed by atoms with van der Waals surface area (Å²) in [5.74, 6) is -1.39. The van der Waals surface area contributed by atoms with Crippen molar-refractivity contribution in [1.82, 2.24) is 5.06 Å². The summed E-state index contributed by atoms with van der Waals surface area (Å²) in [6, 6.07) is 0. The second-order valence-electron chi connectivity index (χ2n) is 4.33. The fraction of sp³-hybridized carbons (Fsp3) is 0.727. The van der Waals surface area contributed by atoms with E-state index in [9.17, 15) is 14.4 Å². The van der Waals surface area contributed by atoms with E-state index in [0.29, 0.717) is 5.06 Å². The summed E-state index contributed by atoms with van der Waals surface area (Å²) in [5, 5.41) is 0.636. The first-order valence-electron chi connectivity index (χ1n) is 5.76. The second-order valence-corrected chi connectivity index (χ2v) is 4.33. The second kappa shape index (κ2) is 6.52. The maximum Gasteiger partial charge on any atom is 0.336 e. The molecular formula is C11H15NNaO4. The Bertz CT molecular complexity index is 309. The van der Waals surface area contributed by atoms with Gasteiger partial charge in [0, 0.05) is 42.4 Å². The SMILES string of the molecule is O=C(ON1C(=O)CCC1=O)C1CCCCC1.[Na]. The van der Waals surface area contributed by atoms with Crippen LogP contribution in [0.5, 0.6) is 0 Å². The number of hydroxylamine groups is 2. The number of imide groups is 1. The number of carbonyl (C=O) groups excluding carboxylic acids is 3. The third-order valence-electron chi connectivity index (χ3n) is 3.13. The van der Waals surface area contributed by atoms with Crippen LogP contribution in [-0.2, 0) is 19.2 Å². The van der Waals surface area contributed by atoms with Gasteiger partial charge in [0.15, 0.2) is 0 Å².